The molecule has 0 saturated carbocycles. The number of allylic oxidation sites excluding steroid dienone is 1. The smallest absolute Gasteiger partial charge is 0.337 e. The molecular formula is C13H15FN2O3S. The second kappa shape index (κ2) is 6.44. The Morgan fingerprint density at radius 1 is 1.40 bits per heavy atom. The molecule has 4 N–H and O–H groups in total. The zero-order chi connectivity index (χ0) is 14.0. The predicted molar refractivity (Wildman–Crippen MR) is 76.3 cm³/mol. The van der Waals surface area contributed by atoms with Crippen molar-refractivity contribution in [3.63, 3.8) is 0 Å². The number of benzene rings is 1. The molecule has 1 aliphatic rings. The van der Waals surface area contributed by atoms with Crippen molar-refractivity contribution in [2.24, 2.45) is 0 Å². The van der Waals surface area contributed by atoms with Gasteiger partial charge in [0, 0.05) is 11.3 Å². The molecule has 1 aromatic carbocycles. The van der Waals surface area contributed by atoms with E-state index in [1.807, 2.05) is 0 Å². The maximum atomic E-state index is 13.9. The van der Waals surface area contributed by atoms with Crippen LogP contribution in [0.4, 0.5) is 4.39 Å². The minimum Gasteiger partial charge on any atom is -0.466 e. The van der Waals surface area contributed by atoms with Crippen LogP contribution in [0.2, 0.25) is 0 Å². The van der Waals surface area contributed by atoms with Crippen LogP contribution in [0.1, 0.15) is 18.5 Å². The van der Waals surface area contributed by atoms with Gasteiger partial charge < -0.3 is 20.8 Å². The van der Waals surface area contributed by atoms with Crippen LogP contribution >= 0.6 is 12.2 Å². The Morgan fingerprint density at radius 3 is 2.65 bits per heavy atom. The molecule has 5 nitrogen and oxygen atoms in total. The summed E-state index contributed by atoms with van der Waals surface area (Å²) in [6.45, 7) is 1.70. The van der Waals surface area contributed by atoms with Crippen LogP contribution in [-0.4, -0.2) is 23.7 Å². The highest BCUT2D eigenvalue weighted by atomic mass is 32.1. The number of carbonyl (C=O) groups is 1. The third-order valence-corrected chi connectivity index (χ3v) is 3.11. The van der Waals surface area contributed by atoms with Crippen molar-refractivity contribution in [3.8, 4) is 0 Å². The van der Waals surface area contributed by atoms with Crippen molar-refractivity contribution in [1.82, 2.24) is 10.6 Å². The fourth-order valence-electron chi connectivity index (χ4n) is 2.02. The van der Waals surface area contributed by atoms with Crippen LogP contribution in [0.3, 0.4) is 0 Å². The van der Waals surface area contributed by atoms with Crippen LogP contribution in [0, 0.1) is 5.82 Å². The van der Waals surface area contributed by atoms with Crippen LogP contribution in [0.25, 0.3) is 0 Å². The normalized spacial score (nSPS) is 17.8. The molecule has 2 rings (SSSR count). The van der Waals surface area contributed by atoms with Gasteiger partial charge in [0.15, 0.2) is 5.11 Å². The molecule has 20 heavy (non-hydrogen) atoms. The van der Waals surface area contributed by atoms with Crippen molar-refractivity contribution in [3.05, 3.63) is 46.9 Å². The summed E-state index contributed by atoms with van der Waals surface area (Å²) in [4.78, 5) is 11.9. The summed E-state index contributed by atoms with van der Waals surface area (Å²) >= 11 is 5.05. The van der Waals surface area contributed by atoms with Crippen LogP contribution in [0.5, 0.6) is 0 Å². The van der Waals surface area contributed by atoms with E-state index in [9.17, 15) is 9.18 Å². The zero-order valence-electron chi connectivity index (χ0n) is 11.0. The molecular weight excluding hydrogens is 283 g/mol. The molecule has 0 saturated heterocycles. The van der Waals surface area contributed by atoms with E-state index >= 15 is 0 Å². The third-order valence-electron chi connectivity index (χ3n) is 2.89. The molecule has 0 aromatic heterocycles. The zero-order valence-corrected chi connectivity index (χ0v) is 11.8. The van der Waals surface area contributed by atoms with Crippen molar-refractivity contribution >= 4 is 23.3 Å². The van der Waals surface area contributed by atoms with Gasteiger partial charge in [0.2, 0.25) is 0 Å². The number of esters is 1. The third kappa shape index (κ3) is 2.94. The van der Waals surface area contributed by atoms with Gasteiger partial charge in [-0.2, -0.15) is 0 Å². The Labute approximate surface area is 121 Å². The van der Waals surface area contributed by atoms with Gasteiger partial charge >= 0.3 is 5.97 Å². The summed E-state index contributed by atoms with van der Waals surface area (Å²) in [7, 11) is 1.29. The Morgan fingerprint density at radius 2 is 2.05 bits per heavy atom. The van der Waals surface area contributed by atoms with Gasteiger partial charge in [-0.1, -0.05) is 18.2 Å². The number of carbonyl (C=O) groups excluding carboxylic acids is 1. The standard InChI is InChI=1S/C13H13FN2O2S.H2O/c1-7-10(12(17)18-2)11(16-13(19)15-7)8-5-3-4-6-9(8)14;/h3-6,11H,1-2H3,(H2,15,16,19);1H2. The second-order valence-corrected chi connectivity index (χ2v) is 4.49. The van der Waals surface area contributed by atoms with Crippen molar-refractivity contribution in [2.75, 3.05) is 7.11 Å². The number of ether oxygens (including phenoxy) is 1. The summed E-state index contributed by atoms with van der Waals surface area (Å²) in [5.41, 5.74) is 1.23. The number of thiocarbonyl (C=S) groups is 1. The second-order valence-electron chi connectivity index (χ2n) is 4.08. The van der Waals surface area contributed by atoms with Crippen molar-refractivity contribution in [1.29, 1.82) is 0 Å². The van der Waals surface area contributed by atoms with Crippen LogP contribution in [-0.2, 0) is 9.53 Å². The molecule has 0 spiro atoms. The van der Waals surface area contributed by atoms with E-state index < -0.39 is 17.8 Å². The Balaban J connectivity index is 0.00000200. The first-order valence-electron chi connectivity index (χ1n) is 5.65. The van der Waals surface area contributed by atoms with Gasteiger partial charge in [0.25, 0.3) is 0 Å². The van der Waals surface area contributed by atoms with Crippen molar-refractivity contribution in [2.45, 2.75) is 13.0 Å². The number of rotatable bonds is 2. The summed E-state index contributed by atoms with van der Waals surface area (Å²) in [5, 5.41) is 6.08. The minimum absolute atomic E-state index is 0. The summed E-state index contributed by atoms with van der Waals surface area (Å²) in [5.74, 6) is -0.924. The Kier molecular flexibility index (Phi) is 5.18. The quantitative estimate of drug-likeness (QED) is 0.628. The van der Waals surface area contributed by atoms with Gasteiger partial charge in [-0.15, -0.1) is 0 Å². The summed E-state index contributed by atoms with van der Waals surface area (Å²) in [6.07, 6.45) is 0. The van der Waals surface area contributed by atoms with Gasteiger partial charge in [-0.3, -0.25) is 0 Å². The molecule has 0 amide bonds. The number of hydrogen-bond acceptors (Lipinski definition) is 3. The highest BCUT2D eigenvalue weighted by molar-refractivity contribution is 7.80. The highest BCUT2D eigenvalue weighted by Gasteiger charge is 2.31. The van der Waals surface area contributed by atoms with Gasteiger partial charge in [0.1, 0.15) is 5.82 Å². The monoisotopic (exact) mass is 298 g/mol. The van der Waals surface area contributed by atoms with E-state index in [0.29, 0.717) is 21.9 Å². The molecule has 1 atom stereocenters. The van der Waals surface area contributed by atoms with Crippen LogP contribution in [0.15, 0.2) is 35.5 Å². The fraction of sp³-hybridized carbons (Fsp3) is 0.231. The first-order chi connectivity index (χ1) is 9.04. The first kappa shape index (κ1) is 16.1. The summed E-state index contributed by atoms with van der Waals surface area (Å²) < 4.78 is 18.6. The largest absolute Gasteiger partial charge is 0.466 e. The molecule has 108 valence electrons. The maximum absolute atomic E-state index is 13.9. The lowest BCUT2D eigenvalue weighted by molar-refractivity contribution is -0.136. The molecule has 1 heterocycles. The maximum Gasteiger partial charge on any atom is 0.337 e. The molecule has 0 fully saturated rings. The van der Waals surface area contributed by atoms with Gasteiger partial charge in [-0.05, 0) is 25.2 Å². The number of methoxy groups -OCH3 is 1. The van der Waals surface area contributed by atoms with E-state index in [-0.39, 0.29) is 5.48 Å². The lowest BCUT2D eigenvalue weighted by Crippen LogP contribution is -2.45. The SMILES string of the molecule is COC(=O)C1=C(C)NC(=S)NC1c1ccccc1F.O. The molecule has 0 bridgehead atoms. The molecule has 0 radical (unpaired) electrons. The lowest BCUT2D eigenvalue weighted by Gasteiger charge is -2.29. The average Bonchev–Trinajstić information content (AvgIpc) is 2.37. The van der Waals surface area contributed by atoms with Crippen LogP contribution < -0.4 is 10.6 Å². The molecule has 1 aromatic rings. The number of nitrogens with one attached hydrogen (secondary N) is 2. The van der Waals surface area contributed by atoms with E-state index in [1.165, 1.54) is 13.2 Å². The fourth-order valence-corrected chi connectivity index (χ4v) is 2.29. The van der Waals surface area contributed by atoms with E-state index in [2.05, 4.69) is 10.6 Å². The van der Waals surface area contributed by atoms with Gasteiger partial charge in [-0.25, -0.2) is 9.18 Å². The summed E-state index contributed by atoms with van der Waals surface area (Å²) in [6, 6.07) is 5.59. The van der Waals surface area contributed by atoms with E-state index in [0.717, 1.165) is 0 Å². The van der Waals surface area contributed by atoms with E-state index in [4.69, 9.17) is 17.0 Å². The predicted octanol–water partition coefficient (Wildman–Crippen LogP) is 0.967. The topological polar surface area (TPSA) is 81.9 Å². The molecule has 0 aliphatic carbocycles. The lowest BCUT2D eigenvalue weighted by atomic mass is 9.95. The number of halogens is 1. The van der Waals surface area contributed by atoms with Gasteiger partial charge in [0.05, 0.1) is 18.7 Å². The van der Waals surface area contributed by atoms with Crippen molar-refractivity contribution < 1.29 is 19.4 Å². The molecule has 7 heteroatoms. The molecule has 1 unspecified atom stereocenters. The average molecular weight is 298 g/mol. The molecule has 1 aliphatic heterocycles. The Hall–Kier alpha value is -1.99. The van der Waals surface area contributed by atoms with E-state index in [1.54, 1.807) is 25.1 Å². The minimum atomic E-state index is -0.651. The highest BCUT2D eigenvalue weighted by Crippen LogP contribution is 2.28. The number of hydrogen-bond donors (Lipinski definition) is 2. The Bertz CT molecular complexity index is 574. The first-order valence-corrected chi connectivity index (χ1v) is 6.06.